The third-order valence-corrected chi connectivity index (χ3v) is 2.58. The van der Waals surface area contributed by atoms with Gasteiger partial charge in [-0.1, -0.05) is 0 Å². The van der Waals surface area contributed by atoms with Crippen LogP contribution >= 0.6 is 22.6 Å². The van der Waals surface area contributed by atoms with Crippen LogP contribution in [0.15, 0.2) is 11.0 Å². The highest BCUT2D eigenvalue weighted by atomic mass is 127. The number of methoxy groups -OCH3 is 1. The number of hydrogen-bond donors (Lipinski definition) is 1. The maximum absolute atomic E-state index is 12.3. The van der Waals surface area contributed by atoms with Crippen LogP contribution < -0.4 is 10.3 Å². The zero-order valence-corrected chi connectivity index (χ0v) is 8.76. The smallest absolute Gasteiger partial charge is 0.270 e. The lowest BCUT2D eigenvalue weighted by Crippen LogP contribution is -2.15. The molecule has 0 aliphatic heterocycles. The Morgan fingerprint density at radius 2 is 2.23 bits per heavy atom. The number of ether oxygens (including phenoxy) is 1. The standard InChI is InChI=1S/C7H6F2INO2/c1-13-3-2-11-7(12)4(5(3)10)6(8)9/h2,6H,1H3,(H,11,12). The number of alkyl halides is 2. The van der Waals surface area contributed by atoms with Crippen LogP contribution in [0, 0.1) is 3.57 Å². The molecule has 1 N–H and O–H groups in total. The van der Waals surface area contributed by atoms with Crippen molar-refractivity contribution in [3.05, 3.63) is 25.7 Å². The van der Waals surface area contributed by atoms with Gasteiger partial charge in [0.15, 0.2) is 0 Å². The maximum Gasteiger partial charge on any atom is 0.270 e. The molecule has 1 aromatic heterocycles. The van der Waals surface area contributed by atoms with Crippen molar-refractivity contribution in [3.63, 3.8) is 0 Å². The van der Waals surface area contributed by atoms with Crippen molar-refractivity contribution >= 4 is 22.6 Å². The third kappa shape index (κ3) is 1.98. The second-order valence-electron chi connectivity index (χ2n) is 2.21. The Balaban J connectivity index is 3.39. The first kappa shape index (κ1) is 10.4. The molecule has 0 bridgehead atoms. The van der Waals surface area contributed by atoms with Crippen LogP contribution in [0.5, 0.6) is 5.75 Å². The minimum atomic E-state index is -2.79. The van der Waals surface area contributed by atoms with Crippen LogP contribution in [0.1, 0.15) is 12.0 Å². The fourth-order valence-corrected chi connectivity index (χ4v) is 1.70. The number of hydrogen-bond acceptors (Lipinski definition) is 2. The molecule has 3 nitrogen and oxygen atoms in total. The molecule has 0 amide bonds. The van der Waals surface area contributed by atoms with Gasteiger partial charge in [0, 0.05) is 6.20 Å². The normalized spacial score (nSPS) is 10.5. The van der Waals surface area contributed by atoms with E-state index in [0.29, 0.717) is 0 Å². The number of aromatic amines is 1. The van der Waals surface area contributed by atoms with Gasteiger partial charge < -0.3 is 9.72 Å². The first-order valence-corrected chi connectivity index (χ1v) is 4.39. The molecule has 0 unspecified atom stereocenters. The highest BCUT2D eigenvalue weighted by Gasteiger charge is 2.19. The zero-order valence-electron chi connectivity index (χ0n) is 6.61. The van der Waals surface area contributed by atoms with Gasteiger partial charge in [-0.2, -0.15) is 0 Å². The first-order valence-electron chi connectivity index (χ1n) is 3.31. The summed E-state index contributed by atoms with van der Waals surface area (Å²) in [6.07, 6.45) is -1.53. The molecule has 1 aromatic rings. The van der Waals surface area contributed by atoms with Crippen molar-refractivity contribution in [3.8, 4) is 5.75 Å². The second-order valence-corrected chi connectivity index (χ2v) is 3.29. The zero-order chi connectivity index (χ0) is 10.0. The molecule has 0 aliphatic rings. The Hall–Kier alpha value is -0.660. The van der Waals surface area contributed by atoms with Gasteiger partial charge in [0.2, 0.25) is 0 Å². The number of H-pyrrole nitrogens is 1. The Morgan fingerprint density at radius 1 is 1.62 bits per heavy atom. The second kappa shape index (κ2) is 4.03. The molecule has 72 valence electrons. The topological polar surface area (TPSA) is 42.1 Å². The molecule has 6 heteroatoms. The van der Waals surface area contributed by atoms with Gasteiger partial charge in [-0.05, 0) is 22.6 Å². The number of halogens is 3. The molecule has 0 fully saturated rings. The predicted octanol–water partition coefficient (Wildman–Crippen LogP) is 1.93. The first-order chi connectivity index (χ1) is 6.07. The van der Waals surface area contributed by atoms with E-state index in [1.54, 1.807) is 22.6 Å². The molecule has 0 aromatic carbocycles. The van der Waals surface area contributed by atoms with Gasteiger partial charge >= 0.3 is 0 Å². The summed E-state index contributed by atoms with van der Waals surface area (Å²) in [4.78, 5) is 13.1. The van der Waals surface area contributed by atoms with Crippen molar-refractivity contribution in [1.82, 2.24) is 4.98 Å². The Labute approximate surface area is 86.2 Å². The van der Waals surface area contributed by atoms with Gasteiger partial charge in [0.05, 0.1) is 16.2 Å². The van der Waals surface area contributed by atoms with E-state index in [4.69, 9.17) is 4.74 Å². The van der Waals surface area contributed by atoms with Gasteiger partial charge in [-0.15, -0.1) is 0 Å². The summed E-state index contributed by atoms with van der Waals surface area (Å²) in [5.74, 6) is 0.246. The minimum absolute atomic E-state index is 0.152. The van der Waals surface area contributed by atoms with Crippen molar-refractivity contribution in [1.29, 1.82) is 0 Å². The molecule has 0 saturated heterocycles. The van der Waals surface area contributed by atoms with E-state index in [1.165, 1.54) is 13.3 Å². The molecule has 1 heterocycles. The van der Waals surface area contributed by atoms with E-state index in [9.17, 15) is 13.6 Å². The number of pyridine rings is 1. The SMILES string of the molecule is COc1c[nH]c(=O)c(C(F)F)c1I. The summed E-state index contributed by atoms with van der Waals surface area (Å²) in [6, 6.07) is 0. The van der Waals surface area contributed by atoms with Crippen LogP contribution in [0.3, 0.4) is 0 Å². The summed E-state index contributed by atoms with van der Waals surface area (Å²) in [6.45, 7) is 0. The summed E-state index contributed by atoms with van der Waals surface area (Å²) >= 11 is 1.66. The van der Waals surface area contributed by atoms with Crippen molar-refractivity contribution < 1.29 is 13.5 Å². The third-order valence-electron chi connectivity index (χ3n) is 1.47. The molecular weight excluding hydrogens is 295 g/mol. The Morgan fingerprint density at radius 3 is 2.69 bits per heavy atom. The summed E-state index contributed by atoms with van der Waals surface area (Å²) in [5, 5.41) is 0. The van der Waals surface area contributed by atoms with E-state index < -0.39 is 17.5 Å². The molecule has 1 rings (SSSR count). The summed E-state index contributed by atoms with van der Waals surface area (Å²) < 4.78 is 29.6. The number of nitrogens with one attached hydrogen (secondary N) is 1. The lowest BCUT2D eigenvalue weighted by Gasteiger charge is -2.06. The molecular formula is C7H6F2INO2. The van der Waals surface area contributed by atoms with Crippen molar-refractivity contribution in [2.45, 2.75) is 6.43 Å². The molecule has 0 spiro atoms. The highest BCUT2D eigenvalue weighted by molar-refractivity contribution is 14.1. The molecule has 0 aliphatic carbocycles. The Bertz CT molecular complexity index is 364. The van der Waals surface area contributed by atoms with E-state index in [2.05, 4.69) is 4.98 Å². The fourth-order valence-electron chi connectivity index (χ4n) is 0.848. The van der Waals surface area contributed by atoms with Crippen molar-refractivity contribution in [2.24, 2.45) is 0 Å². The van der Waals surface area contributed by atoms with E-state index in [-0.39, 0.29) is 9.32 Å². The largest absolute Gasteiger partial charge is 0.494 e. The van der Waals surface area contributed by atoms with Crippen LogP contribution in [-0.4, -0.2) is 12.1 Å². The Kier molecular flexibility index (Phi) is 3.23. The number of rotatable bonds is 2. The summed E-state index contributed by atoms with van der Waals surface area (Å²) in [5.41, 5.74) is -1.32. The van der Waals surface area contributed by atoms with Crippen LogP contribution in [0.25, 0.3) is 0 Å². The van der Waals surface area contributed by atoms with Crippen molar-refractivity contribution in [2.75, 3.05) is 7.11 Å². The van der Waals surface area contributed by atoms with Crippen LogP contribution in [0.2, 0.25) is 0 Å². The molecule has 0 radical (unpaired) electrons. The maximum atomic E-state index is 12.3. The molecule has 0 atom stereocenters. The van der Waals surface area contributed by atoms with Gasteiger partial charge in [0.1, 0.15) is 5.75 Å². The minimum Gasteiger partial charge on any atom is -0.494 e. The van der Waals surface area contributed by atoms with Gasteiger partial charge in [-0.25, -0.2) is 8.78 Å². The van der Waals surface area contributed by atoms with Gasteiger partial charge in [-0.3, -0.25) is 4.79 Å². The number of aromatic nitrogens is 1. The van der Waals surface area contributed by atoms with E-state index in [1.807, 2.05) is 0 Å². The fraction of sp³-hybridized carbons (Fsp3) is 0.286. The molecule has 13 heavy (non-hydrogen) atoms. The quantitative estimate of drug-likeness (QED) is 0.848. The van der Waals surface area contributed by atoms with Crippen LogP contribution in [0.4, 0.5) is 8.78 Å². The average molecular weight is 301 g/mol. The lowest BCUT2D eigenvalue weighted by atomic mass is 10.3. The van der Waals surface area contributed by atoms with E-state index >= 15 is 0 Å². The highest BCUT2D eigenvalue weighted by Crippen LogP contribution is 2.27. The molecule has 0 saturated carbocycles. The summed E-state index contributed by atoms with van der Waals surface area (Å²) in [7, 11) is 1.35. The van der Waals surface area contributed by atoms with Crippen LogP contribution in [-0.2, 0) is 0 Å². The van der Waals surface area contributed by atoms with E-state index in [0.717, 1.165) is 0 Å². The lowest BCUT2D eigenvalue weighted by molar-refractivity contribution is 0.148. The monoisotopic (exact) mass is 301 g/mol. The van der Waals surface area contributed by atoms with Gasteiger partial charge in [0.25, 0.3) is 12.0 Å². The predicted molar refractivity (Wildman–Crippen MR) is 51.3 cm³/mol. The average Bonchev–Trinajstić information content (AvgIpc) is 2.04.